The van der Waals surface area contributed by atoms with Gasteiger partial charge in [-0.15, -0.1) is 0 Å². The van der Waals surface area contributed by atoms with E-state index in [0.29, 0.717) is 26.9 Å². The van der Waals surface area contributed by atoms with E-state index < -0.39 is 0 Å². The van der Waals surface area contributed by atoms with Gasteiger partial charge in [0.05, 0.1) is 17.3 Å². The van der Waals surface area contributed by atoms with Crippen molar-refractivity contribution >= 4 is 35.0 Å². The number of hydrogen-bond donors (Lipinski definition) is 3. The molecule has 7 heteroatoms. The van der Waals surface area contributed by atoms with Gasteiger partial charge in [-0.1, -0.05) is 29.3 Å². The molecule has 94 valence electrons. The molecule has 0 amide bonds. The second kappa shape index (κ2) is 4.97. The van der Waals surface area contributed by atoms with Crippen molar-refractivity contribution in [3.8, 4) is 11.1 Å². The molecule has 1 aromatic carbocycles. The Hall–Kier alpha value is -1.56. The number of hydrogen-bond acceptors (Lipinski definition) is 5. The highest BCUT2D eigenvalue weighted by molar-refractivity contribution is 6.36. The molecule has 18 heavy (non-hydrogen) atoms. The number of aliphatic hydroxyl groups excluding tert-OH is 1. The van der Waals surface area contributed by atoms with Crippen LogP contribution in [-0.4, -0.2) is 15.1 Å². The van der Waals surface area contributed by atoms with E-state index in [9.17, 15) is 5.11 Å². The van der Waals surface area contributed by atoms with E-state index in [1.807, 2.05) is 0 Å². The fourth-order valence-corrected chi connectivity index (χ4v) is 2.15. The average molecular weight is 285 g/mol. The summed E-state index contributed by atoms with van der Waals surface area (Å²) in [7, 11) is 0. The molecule has 0 unspecified atom stereocenters. The van der Waals surface area contributed by atoms with Crippen LogP contribution in [-0.2, 0) is 6.61 Å². The lowest BCUT2D eigenvalue weighted by atomic mass is 10.0. The molecule has 0 saturated carbocycles. The van der Waals surface area contributed by atoms with Crippen molar-refractivity contribution in [3.63, 3.8) is 0 Å². The maximum Gasteiger partial charge on any atom is 0.222 e. The van der Waals surface area contributed by atoms with E-state index in [4.69, 9.17) is 34.7 Å². The summed E-state index contributed by atoms with van der Waals surface area (Å²) in [6.07, 6.45) is 0. The minimum atomic E-state index is -0.314. The quantitative estimate of drug-likeness (QED) is 0.785. The van der Waals surface area contributed by atoms with E-state index in [1.54, 1.807) is 18.2 Å². The summed E-state index contributed by atoms with van der Waals surface area (Å²) < 4.78 is 0. The van der Waals surface area contributed by atoms with Gasteiger partial charge >= 0.3 is 0 Å². The van der Waals surface area contributed by atoms with Crippen molar-refractivity contribution < 1.29 is 5.11 Å². The summed E-state index contributed by atoms with van der Waals surface area (Å²) in [6.45, 7) is -0.314. The molecule has 0 aliphatic carbocycles. The molecule has 0 aliphatic heterocycles. The van der Waals surface area contributed by atoms with Crippen LogP contribution in [0.3, 0.4) is 0 Å². The van der Waals surface area contributed by atoms with Crippen LogP contribution in [0, 0.1) is 0 Å². The molecule has 0 saturated heterocycles. The lowest BCUT2D eigenvalue weighted by Crippen LogP contribution is -2.07. The van der Waals surface area contributed by atoms with Crippen molar-refractivity contribution in [3.05, 3.63) is 33.9 Å². The number of halogens is 2. The Morgan fingerprint density at radius 1 is 1.17 bits per heavy atom. The Kier molecular flexibility index (Phi) is 3.56. The highest BCUT2D eigenvalue weighted by Gasteiger charge is 2.15. The zero-order chi connectivity index (χ0) is 13.3. The van der Waals surface area contributed by atoms with Crippen LogP contribution < -0.4 is 11.5 Å². The third kappa shape index (κ3) is 2.33. The summed E-state index contributed by atoms with van der Waals surface area (Å²) in [6, 6.07) is 4.93. The van der Waals surface area contributed by atoms with Crippen molar-refractivity contribution in [1.82, 2.24) is 9.97 Å². The monoisotopic (exact) mass is 284 g/mol. The number of nitrogen functional groups attached to an aromatic ring is 2. The standard InChI is InChI=1S/C11H10Cl2N4O/c12-5-1-2-6(7(13)3-5)9-8(4-18)16-11(15)17-10(9)14/h1-3,18H,4H2,(H4,14,15,16,17). The van der Waals surface area contributed by atoms with Crippen molar-refractivity contribution in [2.24, 2.45) is 0 Å². The minimum absolute atomic E-state index is 0.00499. The second-order valence-electron chi connectivity index (χ2n) is 3.57. The molecule has 1 aromatic heterocycles. The lowest BCUT2D eigenvalue weighted by Gasteiger charge is -2.11. The number of benzene rings is 1. The molecule has 5 nitrogen and oxygen atoms in total. The first kappa shape index (κ1) is 12.9. The Labute approximate surface area is 113 Å². The fraction of sp³-hybridized carbons (Fsp3) is 0.0909. The molecule has 0 bridgehead atoms. The number of nitrogens with two attached hydrogens (primary N) is 2. The topological polar surface area (TPSA) is 98.0 Å². The first-order valence-electron chi connectivity index (χ1n) is 5.01. The number of aromatic nitrogens is 2. The van der Waals surface area contributed by atoms with Gasteiger partial charge in [-0.2, -0.15) is 4.98 Å². The zero-order valence-corrected chi connectivity index (χ0v) is 10.7. The second-order valence-corrected chi connectivity index (χ2v) is 4.41. The summed E-state index contributed by atoms with van der Waals surface area (Å²) >= 11 is 11.9. The van der Waals surface area contributed by atoms with Gasteiger partial charge in [0.2, 0.25) is 5.95 Å². The molecule has 0 atom stereocenters. The first-order valence-corrected chi connectivity index (χ1v) is 5.76. The summed E-state index contributed by atoms with van der Waals surface area (Å²) in [5, 5.41) is 10.2. The number of anilines is 2. The summed E-state index contributed by atoms with van der Waals surface area (Å²) in [4.78, 5) is 7.80. The van der Waals surface area contributed by atoms with Crippen LogP contribution >= 0.6 is 23.2 Å². The molecule has 0 spiro atoms. The van der Waals surface area contributed by atoms with Crippen LogP contribution in [0.1, 0.15) is 5.69 Å². The molecule has 2 rings (SSSR count). The van der Waals surface area contributed by atoms with E-state index >= 15 is 0 Å². The van der Waals surface area contributed by atoms with E-state index in [0.717, 1.165) is 0 Å². The Balaban J connectivity index is 2.70. The predicted molar refractivity (Wildman–Crippen MR) is 72.2 cm³/mol. The first-order chi connectivity index (χ1) is 8.52. The van der Waals surface area contributed by atoms with Crippen molar-refractivity contribution in [2.75, 3.05) is 11.5 Å². The number of aliphatic hydroxyl groups is 1. The third-order valence-electron chi connectivity index (χ3n) is 2.38. The van der Waals surface area contributed by atoms with Gasteiger partial charge < -0.3 is 16.6 Å². The van der Waals surface area contributed by atoms with E-state index in [-0.39, 0.29) is 18.4 Å². The third-order valence-corrected chi connectivity index (χ3v) is 2.93. The SMILES string of the molecule is Nc1nc(N)c(-c2ccc(Cl)cc2Cl)c(CO)n1. The maximum atomic E-state index is 9.30. The van der Waals surface area contributed by atoms with Crippen molar-refractivity contribution in [1.29, 1.82) is 0 Å². The molecule has 0 aliphatic rings. The minimum Gasteiger partial charge on any atom is -0.390 e. The normalized spacial score (nSPS) is 10.6. The van der Waals surface area contributed by atoms with Gasteiger partial charge in [0.1, 0.15) is 5.82 Å². The van der Waals surface area contributed by atoms with Crippen molar-refractivity contribution in [2.45, 2.75) is 6.61 Å². The summed E-state index contributed by atoms with van der Waals surface area (Å²) in [5.74, 6) is 0.168. The summed E-state index contributed by atoms with van der Waals surface area (Å²) in [5.41, 5.74) is 12.7. The molecular weight excluding hydrogens is 275 g/mol. The molecule has 0 fully saturated rings. The Morgan fingerprint density at radius 2 is 1.89 bits per heavy atom. The number of rotatable bonds is 2. The number of nitrogens with zero attached hydrogens (tertiary/aromatic N) is 2. The molecular formula is C11H10Cl2N4O. The van der Waals surface area contributed by atoms with Crippen LogP contribution in [0.15, 0.2) is 18.2 Å². The zero-order valence-electron chi connectivity index (χ0n) is 9.19. The Morgan fingerprint density at radius 3 is 2.50 bits per heavy atom. The van der Waals surface area contributed by atoms with E-state index in [2.05, 4.69) is 9.97 Å². The van der Waals surface area contributed by atoms with Gasteiger partial charge in [-0.3, -0.25) is 0 Å². The van der Waals surface area contributed by atoms with Crippen LogP contribution in [0.25, 0.3) is 11.1 Å². The Bertz CT molecular complexity index is 604. The van der Waals surface area contributed by atoms with E-state index in [1.165, 1.54) is 0 Å². The lowest BCUT2D eigenvalue weighted by molar-refractivity contribution is 0.277. The molecule has 5 N–H and O–H groups in total. The molecule has 0 radical (unpaired) electrons. The molecule has 2 aromatic rings. The average Bonchev–Trinajstić information content (AvgIpc) is 2.29. The van der Waals surface area contributed by atoms with Crippen LogP contribution in [0.2, 0.25) is 10.0 Å². The highest BCUT2D eigenvalue weighted by Crippen LogP contribution is 2.35. The fourth-order valence-electron chi connectivity index (χ4n) is 1.65. The van der Waals surface area contributed by atoms with Gasteiger partial charge in [0.15, 0.2) is 0 Å². The largest absolute Gasteiger partial charge is 0.390 e. The van der Waals surface area contributed by atoms with Gasteiger partial charge in [0, 0.05) is 16.1 Å². The predicted octanol–water partition coefficient (Wildman–Crippen LogP) is 2.11. The highest BCUT2D eigenvalue weighted by atomic mass is 35.5. The van der Waals surface area contributed by atoms with Crippen LogP contribution in [0.5, 0.6) is 0 Å². The van der Waals surface area contributed by atoms with Gasteiger partial charge in [-0.05, 0) is 12.1 Å². The van der Waals surface area contributed by atoms with Gasteiger partial charge in [-0.25, -0.2) is 4.98 Å². The molecule has 1 heterocycles. The van der Waals surface area contributed by atoms with Crippen LogP contribution in [0.4, 0.5) is 11.8 Å². The smallest absolute Gasteiger partial charge is 0.222 e. The van der Waals surface area contributed by atoms with Gasteiger partial charge in [0.25, 0.3) is 0 Å². The maximum absolute atomic E-state index is 9.30.